The second-order valence-corrected chi connectivity index (χ2v) is 9.75. The van der Waals surface area contributed by atoms with Gasteiger partial charge in [-0.3, -0.25) is 19.4 Å². The van der Waals surface area contributed by atoms with Gasteiger partial charge in [-0.15, -0.1) is 0 Å². The van der Waals surface area contributed by atoms with Crippen LogP contribution < -0.4 is 32.6 Å². The van der Waals surface area contributed by atoms with Gasteiger partial charge in [0.1, 0.15) is 11.7 Å². The third kappa shape index (κ3) is 5.19. The number of carbonyl (C=O) groups excluding carboxylic acids is 1. The van der Waals surface area contributed by atoms with Gasteiger partial charge < -0.3 is 37.2 Å². The van der Waals surface area contributed by atoms with Crippen LogP contribution in [0.4, 0.5) is 23.1 Å². The molecule has 1 aromatic heterocycles. The first-order valence-electron chi connectivity index (χ1n) is 11.2. The van der Waals surface area contributed by atoms with Crippen molar-refractivity contribution in [2.75, 3.05) is 34.8 Å². The molecule has 13 nitrogen and oxygen atoms in total. The Hall–Kier alpha value is -4.29. The van der Waals surface area contributed by atoms with Gasteiger partial charge in [0, 0.05) is 29.8 Å². The second kappa shape index (κ2) is 9.76. The van der Waals surface area contributed by atoms with Crippen LogP contribution in [0.25, 0.3) is 0 Å². The third-order valence-electron chi connectivity index (χ3n) is 6.89. The smallest absolute Gasteiger partial charge is 0.326 e. The van der Waals surface area contributed by atoms with Crippen molar-refractivity contribution < 1.29 is 24.6 Å². The lowest BCUT2D eigenvalue weighted by molar-refractivity contribution is -0.159. The number of nitrogens with two attached hydrogens (primary N) is 1. The largest absolute Gasteiger partial charge is 0.481 e. The Morgan fingerprint density at radius 2 is 1.81 bits per heavy atom. The number of hydrogen-bond acceptors (Lipinski definition) is 9. The number of carboxylic acids is 2. The molecule has 2 heterocycles. The minimum atomic E-state index is -1.44. The summed E-state index contributed by atoms with van der Waals surface area (Å²) in [5.74, 6) is -2.72. The Balaban J connectivity index is 1.63. The maximum Gasteiger partial charge on any atom is 0.326 e. The van der Waals surface area contributed by atoms with E-state index in [1.165, 1.54) is 39.8 Å². The summed E-state index contributed by atoms with van der Waals surface area (Å²) in [6, 6.07) is 4.82. The van der Waals surface area contributed by atoms with Gasteiger partial charge in [-0.25, -0.2) is 4.79 Å². The van der Waals surface area contributed by atoms with E-state index in [2.05, 4.69) is 31.2 Å². The quantitative estimate of drug-likeness (QED) is 0.243. The summed E-state index contributed by atoms with van der Waals surface area (Å²) in [6.45, 7) is 6.79. The van der Waals surface area contributed by atoms with E-state index in [1.807, 2.05) is 0 Å². The Kier molecular flexibility index (Phi) is 7.13. The molecule has 9 N–H and O–H groups in total. The van der Waals surface area contributed by atoms with Crippen LogP contribution in [0, 0.1) is 10.8 Å². The van der Waals surface area contributed by atoms with Crippen molar-refractivity contribution in [3.63, 3.8) is 0 Å². The topological polar surface area (TPSA) is 212 Å². The number of rotatable bonds is 9. The maximum absolute atomic E-state index is 12.8. The van der Waals surface area contributed by atoms with Gasteiger partial charge in [0.25, 0.3) is 11.5 Å². The number of carbonyl (C=O) groups is 3. The van der Waals surface area contributed by atoms with Crippen LogP contribution in [0.5, 0.6) is 0 Å². The molecule has 0 saturated heterocycles. The first-order chi connectivity index (χ1) is 16.7. The molecule has 1 aliphatic rings. The van der Waals surface area contributed by atoms with Crippen LogP contribution in [0.2, 0.25) is 0 Å². The average molecular weight is 502 g/mol. The highest BCUT2D eigenvalue weighted by Gasteiger charge is 2.51. The van der Waals surface area contributed by atoms with Crippen LogP contribution in [0.3, 0.4) is 0 Å². The first kappa shape index (κ1) is 26.3. The lowest BCUT2D eigenvalue weighted by Crippen LogP contribution is -2.57. The summed E-state index contributed by atoms with van der Waals surface area (Å²) in [7, 11) is 0. The summed E-state index contributed by atoms with van der Waals surface area (Å²) >= 11 is 0. The highest BCUT2D eigenvalue weighted by atomic mass is 16.4. The summed E-state index contributed by atoms with van der Waals surface area (Å²) in [4.78, 5) is 55.0. The molecule has 2 unspecified atom stereocenters. The van der Waals surface area contributed by atoms with Gasteiger partial charge in [0.05, 0.1) is 11.5 Å². The number of nitrogens with one attached hydrogen (secondary N) is 5. The molecule has 194 valence electrons. The van der Waals surface area contributed by atoms with Crippen molar-refractivity contribution in [3.05, 3.63) is 40.2 Å². The van der Waals surface area contributed by atoms with Crippen LogP contribution in [-0.4, -0.2) is 63.2 Å². The number of H-pyrrole nitrogens is 1. The number of anilines is 4. The van der Waals surface area contributed by atoms with E-state index in [0.29, 0.717) is 30.3 Å². The molecule has 0 aliphatic carbocycles. The normalized spacial score (nSPS) is 16.1. The Labute approximate surface area is 206 Å². The molecule has 2 atom stereocenters. The van der Waals surface area contributed by atoms with Gasteiger partial charge in [-0.05, 0) is 38.1 Å². The molecule has 0 spiro atoms. The van der Waals surface area contributed by atoms with Crippen molar-refractivity contribution in [1.29, 1.82) is 0 Å². The molecule has 2 aromatic rings. The number of nitrogens with zero attached hydrogens (tertiary/aromatic N) is 1. The SMILES string of the molecule is CC(C)(C(=O)O)C(C)(C)C(NC(=O)c1ccc(NCC2CNc3nc(N)[nH]c(=O)c3N2)cc1)C(=O)O. The van der Waals surface area contributed by atoms with Crippen molar-refractivity contribution in [2.24, 2.45) is 10.8 Å². The zero-order valence-corrected chi connectivity index (χ0v) is 20.4. The van der Waals surface area contributed by atoms with Crippen molar-refractivity contribution >= 4 is 41.0 Å². The number of amides is 1. The summed E-state index contributed by atoms with van der Waals surface area (Å²) < 4.78 is 0. The lowest BCUT2D eigenvalue weighted by atomic mass is 9.63. The maximum atomic E-state index is 12.8. The summed E-state index contributed by atoms with van der Waals surface area (Å²) in [5, 5.41) is 31.1. The zero-order chi connectivity index (χ0) is 26.8. The Bertz CT molecular complexity index is 1220. The highest BCUT2D eigenvalue weighted by molar-refractivity contribution is 5.97. The minimum absolute atomic E-state index is 0.0255. The van der Waals surface area contributed by atoms with Gasteiger partial charge in [0.15, 0.2) is 5.82 Å². The van der Waals surface area contributed by atoms with E-state index >= 15 is 0 Å². The van der Waals surface area contributed by atoms with Gasteiger partial charge >= 0.3 is 11.9 Å². The fourth-order valence-corrected chi connectivity index (χ4v) is 3.73. The number of hydrogen-bond donors (Lipinski definition) is 8. The molecule has 36 heavy (non-hydrogen) atoms. The molecular formula is C23H31N7O6. The molecule has 13 heteroatoms. The van der Waals surface area contributed by atoms with E-state index in [9.17, 15) is 29.4 Å². The van der Waals surface area contributed by atoms with Crippen molar-refractivity contribution in [1.82, 2.24) is 15.3 Å². The van der Waals surface area contributed by atoms with Crippen LogP contribution in [0.15, 0.2) is 29.1 Å². The van der Waals surface area contributed by atoms with E-state index in [4.69, 9.17) is 5.73 Å². The number of aliphatic carboxylic acids is 2. The van der Waals surface area contributed by atoms with Gasteiger partial charge in [0.2, 0.25) is 5.95 Å². The van der Waals surface area contributed by atoms with Gasteiger partial charge in [-0.1, -0.05) is 13.8 Å². The van der Waals surface area contributed by atoms with Crippen molar-refractivity contribution in [3.8, 4) is 0 Å². The van der Waals surface area contributed by atoms with Gasteiger partial charge in [-0.2, -0.15) is 4.98 Å². The molecule has 1 aromatic carbocycles. The van der Waals surface area contributed by atoms with Crippen LogP contribution in [-0.2, 0) is 9.59 Å². The predicted molar refractivity (Wildman–Crippen MR) is 134 cm³/mol. The number of carboxylic acid groups (broad SMARTS) is 2. The van der Waals surface area contributed by atoms with Crippen LogP contribution >= 0.6 is 0 Å². The average Bonchev–Trinajstić information content (AvgIpc) is 2.80. The number of nitrogen functional groups attached to an aromatic ring is 1. The molecule has 3 rings (SSSR count). The lowest BCUT2D eigenvalue weighted by Gasteiger charge is -2.42. The molecule has 0 bridgehead atoms. The van der Waals surface area contributed by atoms with Crippen LogP contribution in [0.1, 0.15) is 38.1 Å². The molecule has 0 saturated carbocycles. The predicted octanol–water partition coefficient (Wildman–Crippen LogP) is 0.990. The molecule has 0 radical (unpaired) electrons. The molecule has 0 fully saturated rings. The fraction of sp³-hybridized carbons (Fsp3) is 0.435. The van der Waals surface area contributed by atoms with E-state index in [0.717, 1.165) is 0 Å². The molecule has 1 amide bonds. The van der Waals surface area contributed by atoms with Crippen molar-refractivity contribution in [2.45, 2.75) is 39.8 Å². The first-order valence-corrected chi connectivity index (χ1v) is 11.2. The standard InChI is InChI=1S/C23H31N7O6/c1-22(2,23(3,4)20(35)36)15(19(33)34)28-17(31)11-5-7-12(8-6-11)25-9-13-10-26-16-14(27-13)18(32)30-21(24)29-16/h5-8,13,15,25,27H,9-10H2,1-4H3,(H,28,31)(H,33,34)(H,35,36)(H4,24,26,29,30,32). The Morgan fingerprint density at radius 1 is 1.17 bits per heavy atom. The number of aromatic amines is 1. The second-order valence-electron chi connectivity index (χ2n) is 9.75. The molecular weight excluding hydrogens is 470 g/mol. The van der Waals surface area contributed by atoms with E-state index in [1.54, 1.807) is 12.1 Å². The molecule has 1 aliphatic heterocycles. The monoisotopic (exact) mass is 501 g/mol. The zero-order valence-electron chi connectivity index (χ0n) is 20.4. The number of fused-ring (bicyclic) bond motifs is 1. The Morgan fingerprint density at radius 3 is 2.39 bits per heavy atom. The summed E-state index contributed by atoms with van der Waals surface area (Å²) in [5.41, 5.74) is 3.67. The summed E-state index contributed by atoms with van der Waals surface area (Å²) in [6.07, 6.45) is 0. The fourth-order valence-electron chi connectivity index (χ4n) is 3.73. The highest BCUT2D eigenvalue weighted by Crippen LogP contribution is 2.42. The third-order valence-corrected chi connectivity index (χ3v) is 6.89. The number of aromatic nitrogens is 2. The van der Waals surface area contributed by atoms with E-state index < -0.39 is 34.7 Å². The van der Waals surface area contributed by atoms with E-state index in [-0.39, 0.29) is 23.1 Å². The number of benzene rings is 1. The minimum Gasteiger partial charge on any atom is -0.481 e.